The van der Waals surface area contributed by atoms with Gasteiger partial charge in [-0.15, -0.1) is 10.2 Å². The number of rotatable bonds is 2. The summed E-state index contributed by atoms with van der Waals surface area (Å²) >= 11 is 1.42. The second kappa shape index (κ2) is 4.45. The lowest BCUT2D eigenvalue weighted by atomic mass is 9.93. The van der Waals surface area contributed by atoms with Crippen LogP contribution in [-0.2, 0) is 5.41 Å². The number of hydrogen-bond donors (Lipinski definition) is 1. The van der Waals surface area contributed by atoms with Crippen molar-refractivity contribution >= 4 is 11.8 Å². The summed E-state index contributed by atoms with van der Waals surface area (Å²) in [6.07, 6.45) is 0. The smallest absolute Gasteiger partial charge is 0.295 e. The molecule has 90 valence electrons. The molecule has 0 atom stereocenters. The molecule has 0 aromatic carbocycles. The Kier molecular flexibility index (Phi) is 3.62. The topological polar surface area (TPSA) is 73.8 Å². The summed E-state index contributed by atoms with van der Waals surface area (Å²) in [7, 11) is 0. The van der Waals surface area contributed by atoms with E-state index in [1.807, 2.05) is 34.6 Å². The van der Waals surface area contributed by atoms with Crippen LogP contribution >= 0.6 is 11.8 Å². The zero-order chi connectivity index (χ0) is 12.5. The van der Waals surface area contributed by atoms with Crippen molar-refractivity contribution in [1.82, 2.24) is 14.9 Å². The van der Waals surface area contributed by atoms with E-state index in [4.69, 9.17) is 5.84 Å². The van der Waals surface area contributed by atoms with Crippen LogP contribution in [0.2, 0.25) is 0 Å². The molecule has 1 aromatic heterocycles. The second-order valence-corrected chi connectivity index (χ2v) is 6.47. The van der Waals surface area contributed by atoms with Crippen LogP contribution in [-0.4, -0.2) is 20.1 Å². The lowest BCUT2D eigenvalue weighted by molar-refractivity contribution is 0.520. The molecule has 0 amide bonds. The van der Waals surface area contributed by atoms with Gasteiger partial charge in [-0.2, -0.15) is 4.68 Å². The first-order valence-electron chi connectivity index (χ1n) is 5.15. The third-order valence-corrected chi connectivity index (χ3v) is 2.88. The van der Waals surface area contributed by atoms with Crippen molar-refractivity contribution in [2.24, 2.45) is 0 Å². The lowest BCUT2D eigenvalue weighted by Gasteiger charge is -2.17. The maximum Gasteiger partial charge on any atom is 0.295 e. The molecule has 0 aliphatic heterocycles. The quantitative estimate of drug-likeness (QED) is 0.622. The summed E-state index contributed by atoms with van der Waals surface area (Å²) in [5.41, 5.74) is -0.222. The molecule has 0 bridgehead atoms. The Hall–Kier alpha value is -1.04. The average molecular weight is 242 g/mol. The van der Waals surface area contributed by atoms with E-state index in [1.165, 1.54) is 11.8 Å². The van der Waals surface area contributed by atoms with Crippen molar-refractivity contribution in [3.63, 3.8) is 0 Å². The van der Waals surface area contributed by atoms with Gasteiger partial charge in [0.25, 0.3) is 5.56 Å². The highest BCUT2D eigenvalue weighted by Crippen LogP contribution is 2.20. The summed E-state index contributed by atoms with van der Waals surface area (Å²) in [4.78, 5) is 11.9. The zero-order valence-electron chi connectivity index (χ0n) is 10.3. The number of thioether (sulfide) groups is 1. The average Bonchev–Trinajstić information content (AvgIpc) is 2.10. The molecule has 0 saturated heterocycles. The molecule has 0 saturated carbocycles. The highest BCUT2D eigenvalue weighted by atomic mass is 32.2. The highest BCUT2D eigenvalue weighted by molar-refractivity contribution is 7.99. The highest BCUT2D eigenvalue weighted by Gasteiger charge is 2.22. The summed E-state index contributed by atoms with van der Waals surface area (Å²) in [6.45, 7) is 9.75. The van der Waals surface area contributed by atoms with E-state index in [9.17, 15) is 4.79 Å². The van der Waals surface area contributed by atoms with E-state index in [2.05, 4.69) is 10.2 Å². The van der Waals surface area contributed by atoms with Gasteiger partial charge >= 0.3 is 0 Å². The molecule has 0 fully saturated rings. The van der Waals surface area contributed by atoms with Gasteiger partial charge in [0, 0.05) is 10.7 Å². The van der Waals surface area contributed by atoms with Crippen LogP contribution in [0.3, 0.4) is 0 Å². The van der Waals surface area contributed by atoms with Crippen LogP contribution in [0, 0.1) is 0 Å². The third-order valence-electron chi connectivity index (χ3n) is 1.91. The van der Waals surface area contributed by atoms with Crippen LogP contribution in [0.1, 0.15) is 40.3 Å². The number of nitrogens with zero attached hydrogens (tertiary/aromatic N) is 3. The zero-order valence-corrected chi connectivity index (χ0v) is 11.1. The molecule has 6 heteroatoms. The number of nitrogen functional groups attached to an aromatic ring is 1. The maximum atomic E-state index is 11.9. The van der Waals surface area contributed by atoms with E-state index in [1.54, 1.807) is 0 Å². The molecule has 1 aromatic rings. The molecule has 5 nitrogen and oxygen atoms in total. The fourth-order valence-corrected chi connectivity index (χ4v) is 1.85. The van der Waals surface area contributed by atoms with Gasteiger partial charge in [-0.05, 0) is 0 Å². The lowest BCUT2D eigenvalue weighted by Crippen LogP contribution is -2.38. The van der Waals surface area contributed by atoms with Gasteiger partial charge in [0.1, 0.15) is 5.69 Å². The van der Waals surface area contributed by atoms with Crippen molar-refractivity contribution in [3.05, 3.63) is 16.0 Å². The molecule has 1 rings (SSSR count). The minimum absolute atomic E-state index is 0.273. The first-order chi connectivity index (χ1) is 7.23. The largest absolute Gasteiger partial charge is 0.334 e. The van der Waals surface area contributed by atoms with E-state index in [0.717, 1.165) is 4.68 Å². The molecule has 1 heterocycles. The second-order valence-electron chi connectivity index (χ2n) is 4.92. The predicted molar refractivity (Wildman–Crippen MR) is 66.1 cm³/mol. The molecule has 0 aliphatic rings. The van der Waals surface area contributed by atoms with Crippen LogP contribution in [0.15, 0.2) is 9.95 Å². The Labute approximate surface area is 99.4 Å². The van der Waals surface area contributed by atoms with Crippen molar-refractivity contribution in [2.45, 2.75) is 50.4 Å². The van der Waals surface area contributed by atoms with Crippen LogP contribution < -0.4 is 11.4 Å². The van der Waals surface area contributed by atoms with E-state index >= 15 is 0 Å². The van der Waals surface area contributed by atoms with Gasteiger partial charge in [0.05, 0.1) is 0 Å². The molecule has 0 spiro atoms. The maximum absolute atomic E-state index is 11.9. The fraction of sp³-hybridized carbons (Fsp3) is 0.700. The van der Waals surface area contributed by atoms with Gasteiger partial charge in [0.15, 0.2) is 0 Å². The van der Waals surface area contributed by atoms with Crippen molar-refractivity contribution < 1.29 is 0 Å². The van der Waals surface area contributed by atoms with Crippen molar-refractivity contribution in [3.8, 4) is 0 Å². The normalized spacial score (nSPS) is 12.1. The molecule has 0 unspecified atom stereocenters. The Balaban J connectivity index is 3.24. The van der Waals surface area contributed by atoms with Gasteiger partial charge in [0.2, 0.25) is 5.16 Å². The minimum Gasteiger partial charge on any atom is -0.334 e. The minimum atomic E-state index is -0.341. The van der Waals surface area contributed by atoms with Crippen molar-refractivity contribution in [2.75, 3.05) is 5.84 Å². The monoisotopic (exact) mass is 242 g/mol. The molecular weight excluding hydrogens is 224 g/mol. The fourth-order valence-electron chi connectivity index (χ4n) is 1.15. The number of hydrogen-bond acceptors (Lipinski definition) is 5. The summed E-state index contributed by atoms with van der Waals surface area (Å²) < 4.78 is 1.08. The summed E-state index contributed by atoms with van der Waals surface area (Å²) in [5.74, 6) is 5.71. The Bertz CT molecular complexity index is 433. The molecule has 2 N–H and O–H groups in total. The van der Waals surface area contributed by atoms with Gasteiger partial charge < -0.3 is 5.84 Å². The summed E-state index contributed by atoms with van der Waals surface area (Å²) in [6, 6.07) is 0. The first kappa shape index (κ1) is 13.0. The molecule has 16 heavy (non-hydrogen) atoms. The molecule has 0 radical (unpaired) electrons. The Morgan fingerprint density at radius 2 is 1.88 bits per heavy atom. The van der Waals surface area contributed by atoms with Crippen molar-refractivity contribution in [1.29, 1.82) is 0 Å². The number of nitrogens with two attached hydrogens (primary N) is 1. The van der Waals surface area contributed by atoms with Crippen LogP contribution in [0.5, 0.6) is 0 Å². The van der Waals surface area contributed by atoms with Crippen LogP contribution in [0.4, 0.5) is 0 Å². The van der Waals surface area contributed by atoms with Gasteiger partial charge in [-0.3, -0.25) is 4.79 Å². The summed E-state index contributed by atoms with van der Waals surface area (Å²) in [5, 5.41) is 8.74. The molecule has 0 aliphatic carbocycles. The molecular formula is C10H18N4OS. The third kappa shape index (κ3) is 2.75. The van der Waals surface area contributed by atoms with Gasteiger partial charge in [-0.25, -0.2) is 0 Å². The first-order valence-corrected chi connectivity index (χ1v) is 6.03. The van der Waals surface area contributed by atoms with Gasteiger partial charge in [-0.1, -0.05) is 46.4 Å². The SMILES string of the molecule is CC(C)Sc1nnc(C(C)(C)C)c(=O)n1N. The van der Waals surface area contributed by atoms with E-state index < -0.39 is 0 Å². The number of aromatic nitrogens is 3. The van der Waals surface area contributed by atoms with Crippen LogP contribution in [0.25, 0.3) is 0 Å². The Morgan fingerprint density at radius 3 is 2.31 bits per heavy atom. The predicted octanol–water partition coefficient (Wildman–Crippen LogP) is 1.15. The van der Waals surface area contributed by atoms with E-state index in [0.29, 0.717) is 16.1 Å². The van der Waals surface area contributed by atoms with E-state index in [-0.39, 0.29) is 11.0 Å². The Morgan fingerprint density at radius 1 is 1.31 bits per heavy atom. The standard InChI is InChI=1S/C10H18N4OS/c1-6(2)16-9-13-12-7(10(3,4)5)8(15)14(9)11/h6H,11H2,1-5H3.